The predicted octanol–water partition coefficient (Wildman–Crippen LogP) is 2.99. The normalized spacial score (nSPS) is 28.6. The standard InChI is InChI=1S/C16H26N2/c1-3-18(2)16(13-17)11-9-15(10-12-16)14-7-5-4-6-8-14/h4-8,15H,3,9-13,17H2,1-2H3. The van der Waals surface area contributed by atoms with Crippen molar-refractivity contribution in [2.75, 3.05) is 20.1 Å². The summed E-state index contributed by atoms with van der Waals surface area (Å²) in [6.07, 6.45) is 5.00. The van der Waals surface area contributed by atoms with E-state index >= 15 is 0 Å². The number of hydrogen-bond acceptors (Lipinski definition) is 2. The molecule has 0 amide bonds. The average molecular weight is 246 g/mol. The summed E-state index contributed by atoms with van der Waals surface area (Å²) in [5, 5.41) is 0. The van der Waals surface area contributed by atoms with Crippen molar-refractivity contribution in [3.05, 3.63) is 35.9 Å². The summed E-state index contributed by atoms with van der Waals surface area (Å²) in [5.74, 6) is 0.733. The molecule has 0 aliphatic heterocycles. The molecule has 0 aromatic heterocycles. The second-order valence-corrected chi connectivity index (χ2v) is 5.63. The predicted molar refractivity (Wildman–Crippen MR) is 77.7 cm³/mol. The minimum absolute atomic E-state index is 0.250. The Morgan fingerprint density at radius 2 is 1.83 bits per heavy atom. The first-order valence-corrected chi connectivity index (χ1v) is 7.18. The van der Waals surface area contributed by atoms with Crippen LogP contribution in [-0.4, -0.2) is 30.6 Å². The summed E-state index contributed by atoms with van der Waals surface area (Å²) in [7, 11) is 2.22. The van der Waals surface area contributed by atoms with Crippen molar-refractivity contribution >= 4 is 0 Å². The number of likely N-dealkylation sites (N-methyl/N-ethyl adjacent to an activating group) is 1. The first-order chi connectivity index (χ1) is 8.72. The second-order valence-electron chi connectivity index (χ2n) is 5.63. The fourth-order valence-electron chi connectivity index (χ4n) is 3.29. The maximum Gasteiger partial charge on any atom is 0.0329 e. The van der Waals surface area contributed by atoms with E-state index in [9.17, 15) is 0 Å². The summed E-state index contributed by atoms with van der Waals surface area (Å²) < 4.78 is 0. The molecule has 1 aliphatic rings. The van der Waals surface area contributed by atoms with Crippen LogP contribution in [0.4, 0.5) is 0 Å². The van der Waals surface area contributed by atoms with E-state index in [4.69, 9.17) is 5.73 Å². The van der Waals surface area contributed by atoms with Gasteiger partial charge in [-0.05, 0) is 50.8 Å². The Kier molecular flexibility index (Phi) is 4.41. The molecule has 1 fully saturated rings. The fourth-order valence-corrected chi connectivity index (χ4v) is 3.29. The Hall–Kier alpha value is -0.860. The van der Waals surface area contributed by atoms with Crippen LogP contribution in [0.2, 0.25) is 0 Å². The Morgan fingerprint density at radius 1 is 1.22 bits per heavy atom. The molecule has 0 bridgehead atoms. The molecule has 1 aromatic carbocycles. The van der Waals surface area contributed by atoms with Gasteiger partial charge in [0, 0.05) is 12.1 Å². The van der Waals surface area contributed by atoms with Crippen LogP contribution in [0.15, 0.2) is 30.3 Å². The van der Waals surface area contributed by atoms with Crippen LogP contribution < -0.4 is 5.73 Å². The van der Waals surface area contributed by atoms with Gasteiger partial charge >= 0.3 is 0 Å². The molecule has 0 saturated heterocycles. The summed E-state index contributed by atoms with van der Waals surface area (Å²) in [5.41, 5.74) is 7.81. The number of benzene rings is 1. The highest BCUT2D eigenvalue weighted by Crippen LogP contribution is 2.39. The van der Waals surface area contributed by atoms with E-state index in [1.54, 1.807) is 0 Å². The summed E-state index contributed by atoms with van der Waals surface area (Å²) in [6.45, 7) is 4.10. The van der Waals surface area contributed by atoms with Crippen LogP contribution in [0, 0.1) is 0 Å². The Labute approximate surface area is 111 Å². The van der Waals surface area contributed by atoms with Crippen molar-refractivity contribution in [1.82, 2.24) is 4.90 Å². The second kappa shape index (κ2) is 5.85. The molecule has 1 aliphatic carbocycles. The molecule has 1 aromatic rings. The third kappa shape index (κ3) is 2.60. The largest absolute Gasteiger partial charge is 0.329 e. The van der Waals surface area contributed by atoms with Crippen LogP contribution >= 0.6 is 0 Å². The van der Waals surface area contributed by atoms with E-state index in [1.165, 1.54) is 31.2 Å². The van der Waals surface area contributed by atoms with E-state index in [0.717, 1.165) is 19.0 Å². The lowest BCUT2D eigenvalue weighted by Gasteiger charge is -2.45. The molecule has 0 atom stereocenters. The van der Waals surface area contributed by atoms with Crippen LogP contribution in [0.5, 0.6) is 0 Å². The molecule has 0 unspecified atom stereocenters. The van der Waals surface area contributed by atoms with Gasteiger partial charge in [-0.15, -0.1) is 0 Å². The van der Waals surface area contributed by atoms with E-state index in [1.807, 2.05) is 0 Å². The van der Waals surface area contributed by atoms with Gasteiger partial charge in [0.25, 0.3) is 0 Å². The van der Waals surface area contributed by atoms with Crippen LogP contribution in [-0.2, 0) is 0 Å². The summed E-state index contributed by atoms with van der Waals surface area (Å²) in [4.78, 5) is 2.45. The Balaban J connectivity index is 2.03. The average Bonchev–Trinajstić information content (AvgIpc) is 2.47. The smallest absolute Gasteiger partial charge is 0.0329 e. The minimum atomic E-state index is 0.250. The molecular weight excluding hydrogens is 220 g/mol. The SMILES string of the molecule is CCN(C)C1(CN)CCC(c2ccccc2)CC1. The number of hydrogen-bond donors (Lipinski definition) is 1. The lowest BCUT2D eigenvalue weighted by atomic mass is 9.73. The lowest BCUT2D eigenvalue weighted by molar-refractivity contribution is 0.0813. The molecular formula is C16H26N2. The first-order valence-electron chi connectivity index (χ1n) is 7.18. The van der Waals surface area contributed by atoms with Gasteiger partial charge in [-0.1, -0.05) is 37.3 Å². The van der Waals surface area contributed by atoms with Crippen LogP contribution in [0.1, 0.15) is 44.1 Å². The fraction of sp³-hybridized carbons (Fsp3) is 0.625. The molecule has 2 N–H and O–H groups in total. The molecule has 2 rings (SSSR count). The maximum absolute atomic E-state index is 6.06. The quantitative estimate of drug-likeness (QED) is 0.885. The minimum Gasteiger partial charge on any atom is -0.329 e. The van der Waals surface area contributed by atoms with Gasteiger partial charge in [0.1, 0.15) is 0 Å². The number of nitrogens with two attached hydrogens (primary N) is 1. The van der Waals surface area contributed by atoms with Gasteiger partial charge in [-0.3, -0.25) is 4.90 Å². The molecule has 2 heteroatoms. The highest BCUT2D eigenvalue weighted by Gasteiger charge is 2.37. The topological polar surface area (TPSA) is 29.3 Å². The highest BCUT2D eigenvalue weighted by atomic mass is 15.2. The van der Waals surface area contributed by atoms with E-state index in [-0.39, 0.29) is 5.54 Å². The summed E-state index contributed by atoms with van der Waals surface area (Å²) >= 11 is 0. The Morgan fingerprint density at radius 3 is 2.33 bits per heavy atom. The van der Waals surface area contributed by atoms with Crippen molar-refractivity contribution in [1.29, 1.82) is 0 Å². The van der Waals surface area contributed by atoms with Gasteiger partial charge in [-0.2, -0.15) is 0 Å². The third-order valence-electron chi connectivity index (χ3n) is 4.85. The highest BCUT2D eigenvalue weighted by molar-refractivity contribution is 5.20. The van der Waals surface area contributed by atoms with Crippen molar-refractivity contribution in [3.63, 3.8) is 0 Å². The van der Waals surface area contributed by atoms with E-state index < -0.39 is 0 Å². The zero-order valence-electron chi connectivity index (χ0n) is 11.7. The van der Waals surface area contributed by atoms with Crippen LogP contribution in [0.3, 0.4) is 0 Å². The third-order valence-corrected chi connectivity index (χ3v) is 4.85. The monoisotopic (exact) mass is 246 g/mol. The molecule has 1 saturated carbocycles. The number of rotatable bonds is 4. The molecule has 18 heavy (non-hydrogen) atoms. The van der Waals surface area contributed by atoms with Crippen molar-refractivity contribution in [2.45, 2.75) is 44.1 Å². The van der Waals surface area contributed by atoms with Crippen molar-refractivity contribution in [2.24, 2.45) is 5.73 Å². The van der Waals surface area contributed by atoms with Gasteiger partial charge < -0.3 is 5.73 Å². The van der Waals surface area contributed by atoms with E-state index in [0.29, 0.717) is 0 Å². The zero-order chi connectivity index (χ0) is 13.0. The zero-order valence-corrected chi connectivity index (χ0v) is 11.7. The summed E-state index contributed by atoms with van der Waals surface area (Å²) in [6, 6.07) is 10.9. The van der Waals surface area contributed by atoms with E-state index in [2.05, 4.69) is 49.2 Å². The lowest BCUT2D eigenvalue weighted by Crippen LogP contribution is -2.53. The van der Waals surface area contributed by atoms with Gasteiger partial charge in [-0.25, -0.2) is 0 Å². The van der Waals surface area contributed by atoms with Crippen molar-refractivity contribution < 1.29 is 0 Å². The van der Waals surface area contributed by atoms with Gasteiger partial charge in [0.15, 0.2) is 0 Å². The maximum atomic E-state index is 6.06. The van der Waals surface area contributed by atoms with Crippen LogP contribution in [0.25, 0.3) is 0 Å². The Bertz CT molecular complexity index is 353. The molecule has 2 nitrogen and oxygen atoms in total. The number of nitrogens with zero attached hydrogens (tertiary/aromatic N) is 1. The molecule has 100 valence electrons. The molecule has 0 heterocycles. The molecule has 0 spiro atoms. The van der Waals surface area contributed by atoms with Gasteiger partial charge in [0.2, 0.25) is 0 Å². The first kappa shape index (κ1) is 13.6. The van der Waals surface area contributed by atoms with Crippen molar-refractivity contribution in [3.8, 4) is 0 Å². The molecule has 0 radical (unpaired) electrons. The van der Waals surface area contributed by atoms with Gasteiger partial charge in [0.05, 0.1) is 0 Å².